The molecular formula is C11H6F10. The number of alkyl halides is 10. The lowest BCUT2D eigenvalue weighted by atomic mass is 9.85. The Morgan fingerprint density at radius 3 is 1.19 bits per heavy atom. The first-order valence-corrected chi connectivity index (χ1v) is 5.17. The van der Waals surface area contributed by atoms with Crippen molar-refractivity contribution in [1.82, 2.24) is 0 Å². The van der Waals surface area contributed by atoms with Crippen LogP contribution in [-0.4, -0.2) is 24.2 Å². The zero-order valence-electron chi connectivity index (χ0n) is 9.74. The first-order valence-electron chi connectivity index (χ1n) is 5.17. The normalized spacial score (nSPS) is 14.6. The van der Waals surface area contributed by atoms with Crippen molar-refractivity contribution >= 4 is 0 Å². The van der Waals surface area contributed by atoms with Crippen molar-refractivity contribution in [3.8, 4) is 0 Å². The molecule has 0 atom stereocenters. The van der Waals surface area contributed by atoms with Crippen LogP contribution in [0.4, 0.5) is 43.9 Å². The van der Waals surface area contributed by atoms with Crippen LogP contribution in [-0.2, 0) is 0 Å². The van der Waals surface area contributed by atoms with Crippen LogP contribution in [0.3, 0.4) is 0 Å². The van der Waals surface area contributed by atoms with Crippen molar-refractivity contribution in [1.29, 1.82) is 0 Å². The van der Waals surface area contributed by atoms with E-state index in [2.05, 4.69) is 0 Å². The van der Waals surface area contributed by atoms with Gasteiger partial charge in [-0.1, -0.05) is 30.3 Å². The molecule has 0 N–H and O–H groups in total. The average molecular weight is 328 g/mol. The number of hydrogen-bond acceptors (Lipinski definition) is 0. The average Bonchev–Trinajstić information content (AvgIpc) is 2.26. The molecule has 0 unspecified atom stereocenters. The topological polar surface area (TPSA) is 0 Å². The van der Waals surface area contributed by atoms with Gasteiger partial charge in [0.05, 0.1) is 0 Å². The molecule has 0 heterocycles. The molecule has 120 valence electrons. The molecule has 0 aliphatic rings. The highest BCUT2D eigenvalue weighted by molar-refractivity contribution is 5.26. The molecule has 0 saturated heterocycles. The van der Waals surface area contributed by atoms with Crippen molar-refractivity contribution < 1.29 is 43.9 Å². The van der Waals surface area contributed by atoms with Crippen molar-refractivity contribution in [2.45, 2.75) is 30.1 Å². The van der Waals surface area contributed by atoms with Crippen molar-refractivity contribution in [2.75, 3.05) is 0 Å². The molecule has 0 amide bonds. The van der Waals surface area contributed by atoms with E-state index in [4.69, 9.17) is 0 Å². The highest BCUT2D eigenvalue weighted by Gasteiger charge is 2.76. The fourth-order valence-corrected chi connectivity index (χ4v) is 1.62. The summed E-state index contributed by atoms with van der Waals surface area (Å²) in [6.07, 6.45) is -13.1. The van der Waals surface area contributed by atoms with Crippen LogP contribution >= 0.6 is 0 Å². The summed E-state index contributed by atoms with van der Waals surface area (Å²) in [6.45, 7) is 0. The van der Waals surface area contributed by atoms with Crippen molar-refractivity contribution in [3.05, 3.63) is 35.9 Å². The fraction of sp³-hybridized carbons (Fsp3) is 0.455. The van der Waals surface area contributed by atoms with Crippen LogP contribution in [0, 0.1) is 0 Å². The zero-order valence-corrected chi connectivity index (χ0v) is 9.74. The summed E-state index contributed by atoms with van der Waals surface area (Å²) in [5.41, 5.74) is -1.47. The Morgan fingerprint density at radius 2 is 0.905 bits per heavy atom. The van der Waals surface area contributed by atoms with Gasteiger partial charge in [-0.05, 0) is 5.56 Å². The lowest BCUT2D eigenvalue weighted by Crippen LogP contribution is -2.54. The lowest BCUT2D eigenvalue weighted by molar-refractivity contribution is -0.354. The molecule has 0 bridgehead atoms. The molecule has 1 aromatic rings. The Balaban J connectivity index is 3.54. The molecule has 0 nitrogen and oxygen atoms in total. The third-order valence-corrected chi connectivity index (χ3v) is 2.61. The number of benzene rings is 1. The minimum atomic E-state index is -6.57. The summed E-state index contributed by atoms with van der Waals surface area (Å²) in [4.78, 5) is 0. The Labute approximate surface area is 111 Å². The van der Waals surface area contributed by atoms with E-state index in [1.165, 1.54) is 0 Å². The first-order chi connectivity index (χ1) is 9.23. The maximum absolute atomic E-state index is 13.2. The molecule has 0 saturated carbocycles. The third kappa shape index (κ3) is 3.08. The van der Waals surface area contributed by atoms with E-state index in [9.17, 15) is 43.9 Å². The van der Waals surface area contributed by atoms with Crippen LogP contribution in [0.25, 0.3) is 0 Å². The molecule has 0 fully saturated rings. The highest BCUT2D eigenvalue weighted by Crippen LogP contribution is 2.56. The van der Waals surface area contributed by atoms with E-state index in [0.717, 1.165) is 18.2 Å². The molecule has 0 aromatic heterocycles. The van der Waals surface area contributed by atoms with Gasteiger partial charge >= 0.3 is 24.2 Å². The quantitative estimate of drug-likeness (QED) is 0.672. The molecule has 10 heteroatoms. The Kier molecular flexibility index (Phi) is 4.23. The molecule has 1 rings (SSSR count). The second-order valence-corrected chi connectivity index (χ2v) is 4.09. The Hall–Kier alpha value is -1.48. The second-order valence-electron chi connectivity index (χ2n) is 4.09. The van der Waals surface area contributed by atoms with E-state index in [1.807, 2.05) is 0 Å². The lowest BCUT2D eigenvalue weighted by Gasteiger charge is -2.35. The van der Waals surface area contributed by atoms with Crippen LogP contribution in [0.1, 0.15) is 11.5 Å². The SMILES string of the molecule is FC(F)(F)C(F)(F)C(c1ccccc1)C(F)(F)C(F)(F)F. The first kappa shape index (κ1) is 17.6. The number of rotatable bonds is 3. The summed E-state index contributed by atoms with van der Waals surface area (Å²) in [7, 11) is 0. The molecule has 21 heavy (non-hydrogen) atoms. The van der Waals surface area contributed by atoms with Crippen LogP contribution < -0.4 is 0 Å². The monoisotopic (exact) mass is 328 g/mol. The Bertz CT molecular complexity index is 444. The molecule has 0 spiro atoms. The summed E-state index contributed by atoms with van der Waals surface area (Å²) in [5, 5.41) is 0. The van der Waals surface area contributed by atoms with E-state index in [1.54, 1.807) is 0 Å². The Morgan fingerprint density at radius 1 is 0.571 bits per heavy atom. The molecule has 0 aliphatic heterocycles. The summed E-state index contributed by atoms with van der Waals surface area (Å²) in [6, 6.07) is 3.33. The smallest absolute Gasteiger partial charge is 0.195 e. The van der Waals surface area contributed by atoms with Gasteiger partial charge in [0.1, 0.15) is 5.92 Å². The summed E-state index contributed by atoms with van der Waals surface area (Å²) >= 11 is 0. The van der Waals surface area contributed by atoms with Gasteiger partial charge in [-0.2, -0.15) is 43.9 Å². The van der Waals surface area contributed by atoms with Gasteiger partial charge in [-0.3, -0.25) is 0 Å². The van der Waals surface area contributed by atoms with Gasteiger partial charge in [0.15, 0.2) is 0 Å². The fourth-order valence-electron chi connectivity index (χ4n) is 1.62. The van der Waals surface area contributed by atoms with Crippen molar-refractivity contribution in [2.24, 2.45) is 0 Å². The van der Waals surface area contributed by atoms with Gasteiger partial charge in [0.2, 0.25) is 0 Å². The van der Waals surface area contributed by atoms with E-state index in [-0.39, 0.29) is 0 Å². The van der Waals surface area contributed by atoms with E-state index < -0.39 is 35.7 Å². The van der Waals surface area contributed by atoms with Crippen LogP contribution in [0.15, 0.2) is 30.3 Å². The predicted octanol–water partition coefficient (Wildman–Crippen LogP) is 5.17. The molecular weight excluding hydrogens is 322 g/mol. The van der Waals surface area contributed by atoms with Gasteiger partial charge in [-0.25, -0.2) is 0 Å². The minimum absolute atomic E-state index is 0.351. The van der Waals surface area contributed by atoms with Crippen molar-refractivity contribution in [3.63, 3.8) is 0 Å². The van der Waals surface area contributed by atoms with E-state index in [0.29, 0.717) is 12.1 Å². The maximum Gasteiger partial charge on any atom is 0.454 e. The number of hydrogen-bond donors (Lipinski definition) is 0. The molecule has 0 aliphatic carbocycles. The van der Waals surface area contributed by atoms with Crippen LogP contribution in [0.5, 0.6) is 0 Å². The van der Waals surface area contributed by atoms with Crippen LogP contribution in [0.2, 0.25) is 0 Å². The van der Waals surface area contributed by atoms with E-state index >= 15 is 0 Å². The maximum atomic E-state index is 13.2. The second kappa shape index (κ2) is 5.06. The standard InChI is InChI=1S/C11H6F10/c12-8(13,10(16,17)18)7(6-4-2-1-3-5-6)9(14,15)11(19,20)21/h1-5,7H. The largest absolute Gasteiger partial charge is 0.454 e. The van der Waals surface area contributed by atoms with Gasteiger partial charge in [-0.15, -0.1) is 0 Å². The predicted molar refractivity (Wildman–Crippen MR) is 51.2 cm³/mol. The van der Waals surface area contributed by atoms with Gasteiger partial charge in [0.25, 0.3) is 0 Å². The minimum Gasteiger partial charge on any atom is -0.195 e. The zero-order chi connectivity index (χ0) is 16.7. The number of halogens is 10. The summed E-state index contributed by atoms with van der Waals surface area (Å²) in [5.74, 6) is -17.0. The molecule has 1 aromatic carbocycles. The van der Waals surface area contributed by atoms with Gasteiger partial charge < -0.3 is 0 Å². The molecule has 0 radical (unpaired) electrons. The third-order valence-electron chi connectivity index (χ3n) is 2.61. The highest BCUT2D eigenvalue weighted by atomic mass is 19.4. The summed E-state index contributed by atoms with van der Waals surface area (Å²) < 4.78 is 126. The van der Waals surface area contributed by atoms with Gasteiger partial charge in [0, 0.05) is 0 Å².